The molecule has 0 amide bonds. The van der Waals surface area contributed by atoms with Gasteiger partial charge in [-0.2, -0.15) is 0 Å². The molecule has 0 rings (SSSR count). The van der Waals surface area contributed by atoms with Crippen LogP contribution in [-0.2, 0) is 0 Å². The summed E-state index contributed by atoms with van der Waals surface area (Å²) in [6.45, 7) is 6.19. The molecule has 1 unspecified atom stereocenters. The van der Waals surface area contributed by atoms with Crippen molar-refractivity contribution < 1.29 is 0 Å². The van der Waals surface area contributed by atoms with Gasteiger partial charge >= 0.3 is 0 Å². The lowest BCUT2D eigenvalue weighted by Crippen LogP contribution is -2.39. The second-order valence-electron chi connectivity index (χ2n) is 3.10. The Bertz CT molecular complexity index is 93.3. The molecule has 0 aromatic carbocycles. The van der Waals surface area contributed by atoms with Crippen molar-refractivity contribution >= 4 is 0 Å². The van der Waals surface area contributed by atoms with Crippen LogP contribution in [0.15, 0.2) is 0 Å². The van der Waals surface area contributed by atoms with Crippen molar-refractivity contribution in [3.05, 3.63) is 5.21 Å². The van der Waals surface area contributed by atoms with Gasteiger partial charge in [0.05, 0.1) is 0 Å². The molecule has 0 aliphatic rings. The monoisotopic (exact) mass is 144 g/mol. The number of hydroxylamine groups is 2. The van der Waals surface area contributed by atoms with Crippen LogP contribution in [0.25, 0.3) is 0 Å². The smallest absolute Gasteiger partial charge is 0.00569 e. The molecule has 0 aliphatic heterocycles. The first-order chi connectivity index (χ1) is 4.56. The number of rotatable bonds is 4. The van der Waals surface area contributed by atoms with Crippen LogP contribution < -0.4 is 0 Å². The van der Waals surface area contributed by atoms with Crippen molar-refractivity contribution in [2.75, 3.05) is 7.05 Å². The summed E-state index contributed by atoms with van der Waals surface area (Å²) in [7, 11) is 1.61. The minimum absolute atomic E-state index is 0.130. The molecule has 2 nitrogen and oxygen atoms in total. The minimum Gasteiger partial charge on any atom is -0.785 e. The maximum atomic E-state index is 11.0. The summed E-state index contributed by atoms with van der Waals surface area (Å²) >= 11 is 0. The summed E-state index contributed by atoms with van der Waals surface area (Å²) in [6.07, 6.45) is 3.00. The quantitative estimate of drug-likeness (QED) is 0.566. The topological polar surface area (TPSA) is 26.3 Å². The summed E-state index contributed by atoms with van der Waals surface area (Å²) < 4.78 is 0. The standard InChI is InChI=1S/C8H18NO/c1-5-7-8(3,6-2)9(4)10/h5-7H2,1-4H3/q-1. The molecule has 0 radical (unpaired) electrons. The molecule has 62 valence electrons. The zero-order valence-electron chi connectivity index (χ0n) is 7.48. The third-order valence-corrected chi connectivity index (χ3v) is 2.31. The molecule has 0 spiro atoms. The first-order valence-electron chi connectivity index (χ1n) is 3.97. The van der Waals surface area contributed by atoms with E-state index in [-0.39, 0.29) is 5.54 Å². The second-order valence-corrected chi connectivity index (χ2v) is 3.10. The molecular formula is C8H18NO-. The van der Waals surface area contributed by atoms with Crippen LogP contribution in [0.4, 0.5) is 0 Å². The number of hydrogen-bond donors (Lipinski definition) is 0. The Morgan fingerprint density at radius 1 is 1.40 bits per heavy atom. The summed E-state index contributed by atoms with van der Waals surface area (Å²) in [6, 6.07) is 0. The van der Waals surface area contributed by atoms with Gasteiger partial charge in [0.1, 0.15) is 0 Å². The fraction of sp³-hybridized carbons (Fsp3) is 1.00. The van der Waals surface area contributed by atoms with Gasteiger partial charge in [-0.25, -0.2) is 0 Å². The van der Waals surface area contributed by atoms with Gasteiger partial charge in [-0.3, -0.25) is 0 Å². The Balaban J connectivity index is 3.94. The van der Waals surface area contributed by atoms with E-state index in [0.29, 0.717) is 0 Å². The first-order valence-corrected chi connectivity index (χ1v) is 3.97. The lowest BCUT2D eigenvalue weighted by molar-refractivity contribution is 0.178. The highest BCUT2D eigenvalue weighted by atomic mass is 16.5. The fourth-order valence-electron chi connectivity index (χ4n) is 1.10. The van der Waals surface area contributed by atoms with E-state index in [2.05, 4.69) is 13.8 Å². The average molecular weight is 144 g/mol. The Morgan fingerprint density at radius 2 is 1.90 bits per heavy atom. The van der Waals surface area contributed by atoms with Crippen molar-refractivity contribution in [2.45, 2.75) is 45.6 Å². The molecule has 0 saturated heterocycles. The lowest BCUT2D eigenvalue weighted by atomic mass is 9.93. The third kappa shape index (κ3) is 2.27. The molecule has 0 saturated carbocycles. The summed E-state index contributed by atoms with van der Waals surface area (Å²) in [5.41, 5.74) is -0.130. The van der Waals surface area contributed by atoms with E-state index in [0.717, 1.165) is 24.3 Å². The average Bonchev–Trinajstić information content (AvgIpc) is 1.88. The molecule has 1 atom stereocenters. The highest BCUT2D eigenvalue weighted by molar-refractivity contribution is 4.82. The molecule has 0 N–H and O–H groups in total. The highest BCUT2D eigenvalue weighted by Gasteiger charge is 2.19. The van der Waals surface area contributed by atoms with E-state index >= 15 is 0 Å². The SMILES string of the molecule is CCCC(C)(CC)N(C)[O-]. The number of nitrogens with zero attached hydrogens (tertiary/aromatic N) is 1. The van der Waals surface area contributed by atoms with Crippen molar-refractivity contribution in [2.24, 2.45) is 0 Å². The van der Waals surface area contributed by atoms with Gasteiger partial charge < -0.3 is 10.3 Å². The van der Waals surface area contributed by atoms with Crippen molar-refractivity contribution in [3.63, 3.8) is 0 Å². The van der Waals surface area contributed by atoms with Crippen molar-refractivity contribution in [3.8, 4) is 0 Å². The molecule has 0 aromatic rings. The molecular weight excluding hydrogens is 126 g/mol. The van der Waals surface area contributed by atoms with E-state index in [1.807, 2.05) is 6.92 Å². The van der Waals surface area contributed by atoms with Gasteiger partial charge in [0.15, 0.2) is 0 Å². The molecule has 0 bridgehead atoms. The molecule has 0 aromatic heterocycles. The molecule has 0 fully saturated rings. The van der Waals surface area contributed by atoms with Crippen LogP contribution in [-0.4, -0.2) is 17.6 Å². The van der Waals surface area contributed by atoms with Gasteiger partial charge in [-0.05, 0) is 26.8 Å². The highest BCUT2D eigenvalue weighted by Crippen LogP contribution is 2.22. The second kappa shape index (κ2) is 3.94. The van der Waals surface area contributed by atoms with Crippen molar-refractivity contribution in [1.29, 1.82) is 0 Å². The van der Waals surface area contributed by atoms with Crippen molar-refractivity contribution in [1.82, 2.24) is 5.06 Å². The molecule has 2 heteroatoms. The van der Waals surface area contributed by atoms with E-state index in [1.54, 1.807) is 7.05 Å². The van der Waals surface area contributed by atoms with Gasteiger partial charge in [-0.15, -0.1) is 0 Å². The van der Waals surface area contributed by atoms with Gasteiger partial charge in [0.25, 0.3) is 0 Å². The normalized spacial score (nSPS) is 17.4. The third-order valence-electron chi connectivity index (χ3n) is 2.31. The Morgan fingerprint density at radius 3 is 2.00 bits per heavy atom. The van der Waals surface area contributed by atoms with E-state index in [9.17, 15) is 5.21 Å². The van der Waals surface area contributed by atoms with E-state index in [4.69, 9.17) is 0 Å². The predicted molar refractivity (Wildman–Crippen MR) is 44.7 cm³/mol. The molecule has 0 aliphatic carbocycles. The fourth-order valence-corrected chi connectivity index (χ4v) is 1.10. The van der Waals surface area contributed by atoms with Gasteiger partial charge in [-0.1, -0.05) is 20.3 Å². The van der Waals surface area contributed by atoms with Crippen LogP contribution in [0.3, 0.4) is 0 Å². The zero-order chi connectivity index (χ0) is 8.20. The molecule has 10 heavy (non-hydrogen) atoms. The Kier molecular flexibility index (Phi) is 3.91. The van der Waals surface area contributed by atoms with Gasteiger partial charge in [0.2, 0.25) is 0 Å². The van der Waals surface area contributed by atoms with Crippen LogP contribution in [0.2, 0.25) is 0 Å². The summed E-state index contributed by atoms with van der Waals surface area (Å²) in [4.78, 5) is 0. The largest absolute Gasteiger partial charge is 0.785 e. The minimum atomic E-state index is -0.130. The van der Waals surface area contributed by atoms with E-state index < -0.39 is 0 Å². The zero-order valence-corrected chi connectivity index (χ0v) is 7.48. The maximum absolute atomic E-state index is 11.0. The van der Waals surface area contributed by atoms with Crippen LogP contribution >= 0.6 is 0 Å². The lowest BCUT2D eigenvalue weighted by Gasteiger charge is -2.43. The molecule has 0 heterocycles. The summed E-state index contributed by atoms with van der Waals surface area (Å²) in [5.74, 6) is 0. The Hall–Kier alpha value is -0.0800. The maximum Gasteiger partial charge on any atom is 0.00569 e. The van der Waals surface area contributed by atoms with Crippen LogP contribution in [0.5, 0.6) is 0 Å². The van der Waals surface area contributed by atoms with Crippen LogP contribution in [0.1, 0.15) is 40.0 Å². The first kappa shape index (κ1) is 9.92. The van der Waals surface area contributed by atoms with Gasteiger partial charge in [0, 0.05) is 5.54 Å². The summed E-state index contributed by atoms with van der Waals surface area (Å²) in [5, 5.41) is 12.1. The predicted octanol–water partition coefficient (Wildman–Crippen LogP) is 2.38. The number of hydrogen-bond acceptors (Lipinski definition) is 2. The van der Waals surface area contributed by atoms with E-state index in [1.165, 1.54) is 0 Å². The van der Waals surface area contributed by atoms with Crippen LogP contribution in [0, 0.1) is 5.21 Å². The Labute approximate surface area is 63.8 Å².